The summed E-state index contributed by atoms with van der Waals surface area (Å²) in [5, 5.41) is 3.25. The fourth-order valence-electron chi connectivity index (χ4n) is 3.58. The van der Waals surface area contributed by atoms with Gasteiger partial charge in [-0.1, -0.05) is 36.4 Å². The summed E-state index contributed by atoms with van der Waals surface area (Å²) in [6.07, 6.45) is 0.636. The van der Waals surface area contributed by atoms with Gasteiger partial charge in [-0.3, -0.25) is 4.79 Å². The molecule has 0 fully saturated rings. The number of nitrogens with one attached hydrogen (secondary N) is 1. The van der Waals surface area contributed by atoms with Crippen LogP contribution in [-0.4, -0.2) is 32.6 Å². The van der Waals surface area contributed by atoms with E-state index >= 15 is 0 Å². The van der Waals surface area contributed by atoms with Gasteiger partial charge < -0.3 is 23.9 Å². The first-order valence-electron chi connectivity index (χ1n) is 10.8. The van der Waals surface area contributed by atoms with E-state index in [1.807, 2.05) is 30.3 Å². The quantitative estimate of drug-likeness (QED) is 0.234. The zero-order valence-corrected chi connectivity index (χ0v) is 19.2. The molecule has 0 radical (unpaired) electrons. The number of fused-ring (bicyclic) bond motifs is 1. The van der Waals surface area contributed by atoms with Gasteiger partial charge in [0, 0.05) is 18.0 Å². The Bertz CT molecular complexity index is 1400. The maximum Gasteiger partial charge on any atom is 0.351 e. The van der Waals surface area contributed by atoms with Gasteiger partial charge in [0.15, 0.2) is 0 Å². The molecule has 35 heavy (non-hydrogen) atoms. The van der Waals surface area contributed by atoms with Crippen molar-refractivity contribution in [3.05, 3.63) is 99.9 Å². The predicted octanol–water partition coefficient (Wildman–Crippen LogP) is 4.00. The number of methoxy groups -OCH3 is 2. The van der Waals surface area contributed by atoms with Crippen molar-refractivity contribution in [1.82, 2.24) is 5.32 Å². The second kappa shape index (κ2) is 10.6. The van der Waals surface area contributed by atoms with E-state index < -0.39 is 17.5 Å². The maximum atomic E-state index is 12.8. The molecular weight excluding hydrogens is 450 g/mol. The Labute approximate surface area is 201 Å². The Hall–Kier alpha value is -4.59. The van der Waals surface area contributed by atoms with Crippen LogP contribution in [0.15, 0.2) is 82.0 Å². The molecule has 8 nitrogen and oxygen atoms in total. The standard InChI is InChI=1S/C27H23NO7/c1-32-21-9-6-10-22(33-2)24(21)27(31)34-19-12-11-18-15-20(26(30)35-23(18)16-19)25(29)28-14-13-17-7-4-3-5-8-17/h3-12,15-16H,13-14H2,1-2H3,(H,28,29). The van der Waals surface area contributed by atoms with E-state index in [1.54, 1.807) is 30.3 Å². The number of rotatable bonds is 8. The van der Waals surface area contributed by atoms with Crippen molar-refractivity contribution < 1.29 is 28.2 Å². The van der Waals surface area contributed by atoms with Crippen molar-refractivity contribution in [3.63, 3.8) is 0 Å². The third-order valence-corrected chi connectivity index (χ3v) is 5.34. The van der Waals surface area contributed by atoms with Gasteiger partial charge in [0.1, 0.15) is 34.0 Å². The monoisotopic (exact) mass is 473 g/mol. The van der Waals surface area contributed by atoms with Crippen LogP contribution in [0.1, 0.15) is 26.3 Å². The van der Waals surface area contributed by atoms with Gasteiger partial charge in [-0.05, 0) is 42.3 Å². The molecule has 1 N–H and O–H groups in total. The predicted molar refractivity (Wildman–Crippen MR) is 129 cm³/mol. The fraction of sp³-hybridized carbons (Fsp3) is 0.148. The Morgan fingerprint density at radius 1 is 0.886 bits per heavy atom. The summed E-state index contributed by atoms with van der Waals surface area (Å²) in [6.45, 7) is 0.377. The van der Waals surface area contributed by atoms with Gasteiger partial charge >= 0.3 is 11.6 Å². The highest BCUT2D eigenvalue weighted by Crippen LogP contribution is 2.30. The van der Waals surface area contributed by atoms with E-state index in [0.717, 1.165) is 5.56 Å². The molecule has 0 saturated carbocycles. The first-order chi connectivity index (χ1) is 17.0. The molecule has 4 aromatic rings. The number of carbonyl (C=O) groups excluding carboxylic acids is 2. The van der Waals surface area contributed by atoms with Crippen molar-refractivity contribution in [3.8, 4) is 17.2 Å². The van der Waals surface area contributed by atoms with Gasteiger partial charge in [0.2, 0.25) is 0 Å². The summed E-state index contributed by atoms with van der Waals surface area (Å²) in [5.41, 5.74) is 0.486. The average Bonchev–Trinajstić information content (AvgIpc) is 2.88. The minimum atomic E-state index is -0.787. The highest BCUT2D eigenvalue weighted by molar-refractivity contribution is 5.98. The van der Waals surface area contributed by atoms with Crippen LogP contribution in [0.2, 0.25) is 0 Å². The van der Waals surface area contributed by atoms with E-state index in [9.17, 15) is 14.4 Å². The summed E-state index contributed by atoms with van der Waals surface area (Å²) in [7, 11) is 2.87. The van der Waals surface area contributed by atoms with Gasteiger partial charge in [-0.25, -0.2) is 9.59 Å². The molecule has 0 spiro atoms. The van der Waals surface area contributed by atoms with Crippen molar-refractivity contribution in [1.29, 1.82) is 0 Å². The molecule has 0 aliphatic heterocycles. The highest BCUT2D eigenvalue weighted by Gasteiger charge is 2.21. The summed E-state index contributed by atoms with van der Waals surface area (Å²) < 4.78 is 21.3. The molecule has 0 bridgehead atoms. The third kappa shape index (κ3) is 5.33. The molecular formula is C27H23NO7. The van der Waals surface area contributed by atoms with E-state index in [-0.39, 0.29) is 22.5 Å². The normalized spacial score (nSPS) is 10.6. The van der Waals surface area contributed by atoms with Crippen molar-refractivity contribution in [2.75, 3.05) is 20.8 Å². The lowest BCUT2D eigenvalue weighted by atomic mass is 10.1. The van der Waals surface area contributed by atoms with E-state index in [2.05, 4.69) is 5.32 Å². The number of ether oxygens (including phenoxy) is 3. The molecule has 4 rings (SSSR count). The van der Waals surface area contributed by atoms with Crippen LogP contribution in [-0.2, 0) is 6.42 Å². The molecule has 0 saturated heterocycles. The first kappa shape index (κ1) is 23.6. The minimum Gasteiger partial charge on any atom is -0.496 e. The van der Waals surface area contributed by atoms with Crippen LogP contribution < -0.4 is 25.2 Å². The van der Waals surface area contributed by atoms with Crippen molar-refractivity contribution >= 4 is 22.8 Å². The van der Waals surface area contributed by atoms with Crippen LogP contribution in [0, 0.1) is 0 Å². The largest absolute Gasteiger partial charge is 0.496 e. The van der Waals surface area contributed by atoms with Crippen LogP contribution >= 0.6 is 0 Å². The molecule has 178 valence electrons. The van der Waals surface area contributed by atoms with E-state index in [0.29, 0.717) is 29.9 Å². The first-order valence-corrected chi connectivity index (χ1v) is 10.8. The molecule has 0 atom stereocenters. The summed E-state index contributed by atoms with van der Waals surface area (Å²) in [6, 6.07) is 20.6. The number of hydrogen-bond donors (Lipinski definition) is 1. The molecule has 0 aliphatic rings. The Kier molecular flexibility index (Phi) is 7.11. The van der Waals surface area contributed by atoms with E-state index in [4.69, 9.17) is 18.6 Å². The van der Waals surface area contributed by atoms with Gasteiger partial charge in [-0.2, -0.15) is 0 Å². The van der Waals surface area contributed by atoms with Gasteiger partial charge in [0.25, 0.3) is 5.91 Å². The number of benzene rings is 3. The zero-order chi connectivity index (χ0) is 24.8. The Morgan fingerprint density at radius 3 is 2.29 bits per heavy atom. The van der Waals surface area contributed by atoms with Crippen LogP contribution in [0.25, 0.3) is 11.0 Å². The second-order valence-electron chi connectivity index (χ2n) is 7.57. The third-order valence-electron chi connectivity index (χ3n) is 5.34. The van der Waals surface area contributed by atoms with Crippen LogP contribution in [0.4, 0.5) is 0 Å². The lowest BCUT2D eigenvalue weighted by Gasteiger charge is -2.12. The highest BCUT2D eigenvalue weighted by atomic mass is 16.5. The molecule has 1 heterocycles. The molecule has 0 aliphatic carbocycles. The SMILES string of the molecule is COc1cccc(OC)c1C(=O)Oc1ccc2cc(C(=O)NCCc3ccccc3)c(=O)oc2c1. The molecule has 1 aromatic heterocycles. The zero-order valence-electron chi connectivity index (χ0n) is 19.2. The molecule has 0 unspecified atom stereocenters. The average molecular weight is 473 g/mol. The topological polar surface area (TPSA) is 104 Å². The van der Waals surface area contributed by atoms with Gasteiger partial charge in [0.05, 0.1) is 14.2 Å². The molecule has 1 amide bonds. The lowest BCUT2D eigenvalue weighted by molar-refractivity contribution is 0.0727. The summed E-state index contributed by atoms with van der Waals surface area (Å²) >= 11 is 0. The lowest BCUT2D eigenvalue weighted by Crippen LogP contribution is -2.29. The maximum absolute atomic E-state index is 12.8. The number of carbonyl (C=O) groups is 2. The van der Waals surface area contributed by atoms with Gasteiger partial charge in [-0.15, -0.1) is 0 Å². The number of hydrogen-bond acceptors (Lipinski definition) is 7. The van der Waals surface area contributed by atoms with Crippen LogP contribution in [0.5, 0.6) is 17.2 Å². The molecule has 8 heteroatoms. The Morgan fingerprint density at radius 2 is 1.60 bits per heavy atom. The van der Waals surface area contributed by atoms with Crippen molar-refractivity contribution in [2.24, 2.45) is 0 Å². The summed E-state index contributed by atoms with van der Waals surface area (Å²) in [4.78, 5) is 37.8. The van der Waals surface area contributed by atoms with Crippen molar-refractivity contribution in [2.45, 2.75) is 6.42 Å². The molecule has 3 aromatic carbocycles. The number of esters is 1. The van der Waals surface area contributed by atoms with Crippen LogP contribution in [0.3, 0.4) is 0 Å². The Balaban J connectivity index is 1.51. The number of amides is 1. The minimum absolute atomic E-state index is 0.103. The van der Waals surface area contributed by atoms with E-state index in [1.165, 1.54) is 26.4 Å². The second-order valence-corrected chi connectivity index (χ2v) is 7.57. The summed E-state index contributed by atoms with van der Waals surface area (Å²) in [5.74, 6) is -0.474. The smallest absolute Gasteiger partial charge is 0.351 e. The fourth-order valence-corrected chi connectivity index (χ4v) is 3.58.